The number of nitrogens with zero attached hydrogens (tertiary/aromatic N) is 1. The fraction of sp³-hybridized carbons (Fsp3) is 0.385. The van der Waals surface area contributed by atoms with Crippen molar-refractivity contribution >= 4 is 23.5 Å². The maximum Gasteiger partial charge on any atom is 0.233 e. The Morgan fingerprint density at radius 3 is 2.78 bits per heavy atom. The second-order valence-corrected chi connectivity index (χ2v) is 4.41. The van der Waals surface area contributed by atoms with E-state index in [0.29, 0.717) is 11.6 Å². The number of guanidine groups is 1. The second-order valence-electron chi connectivity index (χ2n) is 4.00. The van der Waals surface area contributed by atoms with Crippen LogP contribution in [0, 0.1) is 0 Å². The summed E-state index contributed by atoms with van der Waals surface area (Å²) in [5.41, 5.74) is 6.38. The van der Waals surface area contributed by atoms with E-state index in [1.165, 1.54) is 0 Å². The average molecular weight is 268 g/mol. The molecule has 0 fully saturated rings. The van der Waals surface area contributed by atoms with E-state index in [1.54, 1.807) is 13.0 Å². The zero-order valence-corrected chi connectivity index (χ0v) is 11.4. The molecule has 0 heterocycles. The maximum absolute atomic E-state index is 11.9. The van der Waals surface area contributed by atoms with E-state index in [0.717, 1.165) is 12.0 Å². The van der Waals surface area contributed by atoms with Crippen molar-refractivity contribution in [2.75, 3.05) is 6.54 Å². The Bertz CT molecular complexity index is 446. The zero-order valence-electron chi connectivity index (χ0n) is 10.6. The highest BCUT2D eigenvalue weighted by molar-refractivity contribution is 6.31. The maximum atomic E-state index is 11.9. The van der Waals surface area contributed by atoms with Crippen LogP contribution < -0.4 is 11.1 Å². The number of amides is 1. The number of hydrogen-bond acceptors (Lipinski definition) is 2. The standard InChI is InChI=1S/C13H18ClN3O/c1-3-8-16-13(15)17-12(18)9(2)10-6-4-5-7-11(10)14/h4-7,9H,3,8H2,1-2H3,(H3,15,16,17,18). The molecule has 0 aliphatic heterocycles. The summed E-state index contributed by atoms with van der Waals surface area (Å²) < 4.78 is 0. The summed E-state index contributed by atoms with van der Waals surface area (Å²) in [5.74, 6) is -0.421. The molecule has 1 rings (SSSR count). The highest BCUT2D eigenvalue weighted by Crippen LogP contribution is 2.23. The molecule has 0 radical (unpaired) electrons. The lowest BCUT2D eigenvalue weighted by Crippen LogP contribution is -2.39. The van der Waals surface area contributed by atoms with Gasteiger partial charge in [0.25, 0.3) is 0 Å². The number of halogens is 1. The number of benzene rings is 1. The second kappa shape index (κ2) is 7.01. The number of nitrogens with one attached hydrogen (secondary N) is 1. The minimum Gasteiger partial charge on any atom is -0.370 e. The molecule has 5 heteroatoms. The van der Waals surface area contributed by atoms with E-state index >= 15 is 0 Å². The largest absolute Gasteiger partial charge is 0.370 e. The normalized spacial score (nSPS) is 13.2. The van der Waals surface area contributed by atoms with Gasteiger partial charge in [-0.2, -0.15) is 0 Å². The molecular formula is C13H18ClN3O. The van der Waals surface area contributed by atoms with Gasteiger partial charge in [0.2, 0.25) is 5.91 Å². The van der Waals surface area contributed by atoms with Crippen LogP contribution in [-0.4, -0.2) is 18.4 Å². The van der Waals surface area contributed by atoms with Gasteiger partial charge in [0.05, 0.1) is 5.92 Å². The van der Waals surface area contributed by atoms with Crippen molar-refractivity contribution in [3.63, 3.8) is 0 Å². The van der Waals surface area contributed by atoms with Crippen LogP contribution in [0.2, 0.25) is 5.02 Å². The van der Waals surface area contributed by atoms with Gasteiger partial charge >= 0.3 is 0 Å². The third-order valence-corrected chi connectivity index (χ3v) is 2.87. The Morgan fingerprint density at radius 2 is 2.17 bits per heavy atom. The third kappa shape index (κ3) is 4.04. The summed E-state index contributed by atoms with van der Waals surface area (Å²) >= 11 is 6.04. The lowest BCUT2D eigenvalue weighted by molar-refractivity contribution is -0.120. The van der Waals surface area contributed by atoms with Crippen molar-refractivity contribution in [1.82, 2.24) is 5.32 Å². The van der Waals surface area contributed by atoms with Gasteiger partial charge in [-0.05, 0) is 25.0 Å². The van der Waals surface area contributed by atoms with Crippen molar-refractivity contribution in [1.29, 1.82) is 0 Å². The monoisotopic (exact) mass is 267 g/mol. The van der Waals surface area contributed by atoms with Crippen LogP contribution in [0.25, 0.3) is 0 Å². The minimum atomic E-state index is -0.367. The van der Waals surface area contributed by atoms with E-state index in [-0.39, 0.29) is 17.8 Å². The molecule has 0 aliphatic carbocycles. The van der Waals surface area contributed by atoms with Gasteiger partial charge in [-0.3, -0.25) is 15.1 Å². The molecule has 18 heavy (non-hydrogen) atoms. The van der Waals surface area contributed by atoms with Crippen molar-refractivity contribution in [2.24, 2.45) is 10.7 Å². The predicted molar refractivity (Wildman–Crippen MR) is 74.8 cm³/mol. The number of hydrogen-bond donors (Lipinski definition) is 2. The summed E-state index contributed by atoms with van der Waals surface area (Å²) in [6.07, 6.45) is 0.886. The number of carbonyl (C=O) groups excluding carboxylic acids is 1. The first-order chi connectivity index (χ1) is 8.56. The van der Waals surface area contributed by atoms with Crippen LogP contribution in [0.5, 0.6) is 0 Å². The predicted octanol–water partition coefficient (Wildman–Crippen LogP) is 2.28. The van der Waals surface area contributed by atoms with Crippen LogP contribution in [0.3, 0.4) is 0 Å². The Kier molecular flexibility index (Phi) is 5.65. The lowest BCUT2D eigenvalue weighted by Gasteiger charge is -2.13. The van der Waals surface area contributed by atoms with Gasteiger partial charge in [-0.1, -0.05) is 36.7 Å². The van der Waals surface area contributed by atoms with Gasteiger partial charge in [0.1, 0.15) is 0 Å². The number of nitrogens with two attached hydrogens (primary N) is 1. The van der Waals surface area contributed by atoms with Gasteiger partial charge in [0, 0.05) is 11.6 Å². The summed E-state index contributed by atoms with van der Waals surface area (Å²) in [6, 6.07) is 7.26. The molecule has 1 amide bonds. The van der Waals surface area contributed by atoms with Crippen molar-refractivity contribution < 1.29 is 4.79 Å². The Labute approximate surface area is 112 Å². The summed E-state index contributed by atoms with van der Waals surface area (Å²) in [7, 11) is 0. The van der Waals surface area contributed by atoms with Crippen LogP contribution in [0.1, 0.15) is 31.7 Å². The first kappa shape index (κ1) is 14.5. The Morgan fingerprint density at radius 1 is 1.50 bits per heavy atom. The highest BCUT2D eigenvalue weighted by Gasteiger charge is 2.17. The van der Waals surface area contributed by atoms with Crippen LogP contribution in [-0.2, 0) is 4.79 Å². The summed E-state index contributed by atoms with van der Waals surface area (Å²) in [6.45, 7) is 4.38. The molecule has 4 nitrogen and oxygen atoms in total. The molecule has 98 valence electrons. The molecule has 1 aromatic rings. The smallest absolute Gasteiger partial charge is 0.233 e. The van der Waals surface area contributed by atoms with Crippen molar-refractivity contribution in [3.05, 3.63) is 34.9 Å². The molecule has 0 bridgehead atoms. The molecule has 0 aromatic heterocycles. The topological polar surface area (TPSA) is 67.5 Å². The molecule has 0 saturated heterocycles. The van der Waals surface area contributed by atoms with Gasteiger partial charge in [-0.15, -0.1) is 0 Å². The van der Waals surface area contributed by atoms with Gasteiger partial charge < -0.3 is 5.73 Å². The molecule has 1 aromatic carbocycles. The van der Waals surface area contributed by atoms with Crippen LogP contribution in [0.4, 0.5) is 0 Å². The zero-order chi connectivity index (χ0) is 13.5. The fourth-order valence-electron chi connectivity index (χ4n) is 1.47. The van der Waals surface area contributed by atoms with Gasteiger partial charge in [-0.25, -0.2) is 0 Å². The van der Waals surface area contributed by atoms with Crippen molar-refractivity contribution in [2.45, 2.75) is 26.2 Å². The quantitative estimate of drug-likeness (QED) is 0.649. The SMILES string of the molecule is CCCN=C(N)NC(=O)C(C)c1ccccc1Cl. The molecule has 0 aliphatic rings. The Hall–Kier alpha value is -1.55. The minimum absolute atomic E-state index is 0.153. The fourth-order valence-corrected chi connectivity index (χ4v) is 1.77. The summed E-state index contributed by atoms with van der Waals surface area (Å²) in [5, 5.41) is 3.14. The number of carbonyl (C=O) groups is 1. The molecular weight excluding hydrogens is 250 g/mol. The Balaban J connectivity index is 2.71. The van der Waals surface area contributed by atoms with E-state index in [9.17, 15) is 4.79 Å². The molecule has 1 atom stereocenters. The van der Waals surface area contributed by atoms with E-state index in [4.69, 9.17) is 17.3 Å². The van der Waals surface area contributed by atoms with E-state index in [1.807, 2.05) is 25.1 Å². The van der Waals surface area contributed by atoms with E-state index < -0.39 is 0 Å². The van der Waals surface area contributed by atoms with E-state index in [2.05, 4.69) is 10.3 Å². The third-order valence-electron chi connectivity index (χ3n) is 2.52. The molecule has 0 saturated carbocycles. The molecule has 0 spiro atoms. The van der Waals surface area contributed by atoms with Crippen molar-refractivity contribution in [3.8, 4) is 0 Å². The average Bonchev–Trinajstić information content (AvgIpc) is 2.36. The van der Waals surface area contributed by atoms with Crippen LogP contribution >= 0.6 is 11.6 Å². The highest BCUT2D eigenvalue weighted by atomic mass is 35.5. The van der Waals surface area contributed by atoms with Gasteiger partial charge in [0.15, 0.2) is 5.96 Å². The van der Waals surface area contributed by atoms with Crippen LogP contribution in [0.15, 0.2) is 29.3 Å². The first-order valence-electron chi connectivity index (χ1n) is 5.91. The molecule has 1 unspecified atom stereocenters. The molecule has 3 N–H and O–H groups in total. The summed E-state index contributed by atoms with van der Waals surface area (Å²) in [4.78, 5) is 15.9. The number of rotatable bonds is 4. The lowest BCUT2D eigenvalue weighted by atomic mass is 10.0. The number of aliphatic imine (C=N–C) groups is 1. The first-order valence-corrected chi connectivity index (χ1v) is 6.29.